The van der Waals surface area contributed by atoms with Crippen molar-refractivity contribution in [3.05, 3.63) is 48.3 Å². The van der Waals surface area contributed by atoms with E-state index in [1.807, 2.05) is 38.2 Å². The second-order valence-electron chi connectivity index (χ2n) is 5.45. The van der Waals surface area contributed by atoms with Crippen molar-refractivity contribution in [2.45, 2.75) is 26.3 Å². The van der Waals surface area contributed by atoms with Gasteiger partial charge in [0.15, 0.2) is 5.96 Å². The highest BCUT2D eigenvalue weighted by molar-refractivity contribution is 14.0. The van der Waals surface area contributed by atoms with Crippen LogP contribution in [-0.2, 0) is 17.7 Å². The maximum absolute atomic E-state index is 5.42. The van der Waals surface area contributed by atoms with Crippen LogP contribution in [0.5, 0.6) is 0 Å². The van der Waals surface area contributed by atoms with Gasteiger partial charge in [0.05, 0.1) is 19.1 Å². The predicted molar refractivity (Wildman–Crippen MR) is 109 cm³/mol. The number of aliphatic imine (C=N–C) groups is 1. The molecule has 0 aliphatic heterocycles. The number of hydrogen-bond acceptors (Lipinski definition) is 4. The maximum atomic E-state index is 5.42. The topological polar surface area (TPSA) is 63.1 Å². The summed E-state index contributed by atoms with van der Waals surface area (Å²) >= 11 is 0. The molecular weight excluding hydrogens is 433 g/mol. The zero-order valence-electron chi connectivity index (χ0n) is 14.9. The molecular formula is C18H28IN3O3. The number of nitrogens with one attached hydrogen (secondary N) is 1. The summed E-state index contributed by atoms with van der Waals surface area (Å²) in [5.74, 6) is 2.73. The maximum Gasteiger partial charge on any atom is 0.194 e. The van der Waals surface area contributed by atoms with Crippen LogP contribution in [-0.4, -0.2) is 44.2 Å². The first-order valence-electron chi connectivity index (χ1n) is 8.41. The van der Waals surface area contributed by atoms with Crippen LogP contribution in [0.4, 0.5) is 0 Å². The van der Waals surface area contributed by atoms with Crippen LogP contribution in [0.3, 0.4) is 0 Å². The van der Waals surface area contributed by atoms with Crippen molar-refractivity contribution < 1.29 is 13.6 Å². The van der Waals surface area contributed by atoms with Crippen molar-refractivity contribution in [1.29, 1.82) is 0 Å². The lowest BCUT2D eigenvalue weighted by molar-refractivity contribution is 0.146. The molecule has 0 atom stereocenters. The number of ether oxygens (including phenoxy) is 1. The Hall–Kier alpha value is -1.48. The number of guanidine groups is 1. The number of furan rings is 2. The molecule has 0 fully saturated rings. The number of nitrogens with zero attached hydrogens (tertiary/aromatic N) is 2. The van der Waals surface area contributed by atoms with E-state index >= 15 is 0 Å². The fourth-order valence-corrected chi connectivity index (χ4v) is 2.27. The molecule has 0 radical (unpaired) electrons. The Kier molecular flexibility index (Phi) is 11.1. The minimum absolute atomic E-state index is 0. The summed E-state index contributed by atoms with van der Waals surface area (Å²) in [4.78, 5) is 6.73. The van der Waals surface area contributed by atoms with Crippen molar-refractivity contribution in [1.82, 2.24) is 10.2 Å². The van der Waals surface area contributed by atoms with E-state index in [1.54, 1.807) is 12.5 Å². The zero-order chi connectivity index (χ0) is 17.0. The SMILES string of the molecule is CCOCCCN=C(NCCc1ccco1)N(C)Cc1ccco1.I. The average molecular weight is 461 g/mol. The van der Waals surface area contributed by atoms with Gasteiger partial charge < -0.3 is 23.8 Å². The summed E-state index contributed by atoms with van der Waals surface area (Å²) in [5, 5.41) is 3.39. The lowest BCUT2D eigenvalue weighted by atomic mass is 10.3. The highest BCUT2D eigenvalue weighted by Crippen LogP contribution is 2.05. The zero-order valence-corrected chi connectivity index (χ0v) is 17.3. The molecule has 140 valence electrons. The Bertz CT molecular complexity index is 570. The minimum Gasteiger partial charge on any atom is -0.469 e. The molecule has 0 unspecified atom stereocenters. The third kappa shape index (κ3) is 8.44. The second kappa shape index (κ2) is 12.8. The Labute approximate surface area is 166 Å². The summed E-state index contributed by atoms with van der Waals surface area (Å²) in [5.41, 5.74) is 0. The highest BCUT2D eigenvalue weighted by Gasteiger charge is 2.09. The molecule has 0 bridgehead atoms. The first-order valence-corrected chi connectivity index (χ1v) is 8.41. The van der Waals surface area contributed by atoms with E-state index in [0.717, 1.165) is 56.6 Å². The van der Waals surface area contributed by atoms with E-state index in [0.29, 0.717) is 6.54 Å². The van der Waals surface area contributed by atoms with E-state index < -0.39 is 0 Å². The Morgan fingerprint density at radius 1 is 1.20 bits per heavy atom. The molecule has 6 nitrogen and oxygen atoms in total. The summed E-state index contributed by atoms with van der Waals surface area (Å²) in [6.07, 6.45) is 5.11. The van der Waals surface area contributed by atoms with Crippen molar-refractivity contribution in [2.24, 2.45) is 4.99 Å². The van der Waals surface area contributed by atoms with Gasteiger partial charge in [0, 0.05) is 39.8 Å². The summed E-state index contributed by atoms with van der Waals surface area (Å²) in [6.45, 7) is 5.65. The van der Waals surface area contributed by atoms with Gasteiger partial charge in [0.1, 0.15) is 11.5 Å². The molecule has 2 heterocycles. The van der Waals surface area contributed by atoms with E-state index in [2.05, 4.69) is 15.2 Å². The van der Waals surface area contributed by atoms with Crippen molar-refractivity contribution >= 4 is 29.9 Å². The molecule has 0 saturated carbocycles. The fourth-order valence-electron chi connectivity index (χ4n) is 2.27. The van der Waals surface area contributed by atoms with Gasteiger partial charge in [-0.05, 0) is 37.6 Å². The molecule has 0 aliphatic rings. The largest absolute Gasteiger partial charge is 0.469 e. The standard InChI is InChI=1S/C18H27N3O3.HI/c1-3-22-12-6-10-19-18(20-11-9-16-7-4-13-23-16)21(2)15-17-8-5-14-24-17;/h4-5,7-8,13-14H,3,6,9-12,15H2,1-2H3,(H,19,20);1H. The summed E-state index contributed by atoms with van der Waals surface area (Å²) in [7, 11) is 2.00. The third-order valence-corrected chi connectivity index (χ3v) is 3.48. The van der Waals surface area contributed by atoms with Crippen LogP contribution in [0, 0.1) is 0 Å². The first kappa shape index (κ1) is 21.6. The van der Waals surface area contributed by atoms with Crippen LogP contribution in [0.15, 0.2) is 50.6 Å². The fraction of sp³-hybridized carbons (Fsp3) is 0.500. The monoisotopic (exact) mass is 461 g/mol. The van der Waals surface area contributed by atoms with Crippen molar-refractivity contribution in [2.75, 3.05) is 33.4 Å². The van der Waals surface area contributed by atoms with Crippen LogP contribution < -0.4 is 5.32 Å². The van der Waals surface area contributed by atoms with Gasteiger partial charge in [-0.1, -0.05) is 0 Å². The molecule has 7 heteroatoms. The Morgan fingerprint density at radius 2 is 1.92 bits per heavy atom. The van der Waals surface area contributed by atoms with E-state index in [9.17, 15) is 0 Å². The van der Waals surface area contributed by atoms with Gasteiger partial charge in [-0.3, -0.25) is 4.99 Å². The number of hydrogen-bond donors (Lipinski definition) is 1. The molecule has 1 N–H and O–H groups in total. The van der Waals surface area contributed by atoms with Gasteiger partial charge in [-0.25, -0.2) is 0 Å². The van der Waals surface area contributed by atoms with E-state index in [1.165, 1.54) is 0 Å². The van der Waals surface area contributed by atoms with Gasteiger partial charge >= 0.3 is 0 Å². The highest BCUT2D eigenvalue weighted by atomic mass is 127. The molecule has 0 aromatic carbocycles. The van der Waals surface area contributed by atoms with Crippen molar-refractivity contribution in [3.63, 3.8) is 0 Å². The van der Waals surface area contributed by atoms with Gasteiger partial charge in [0.25, 0.3) is 0 Å². The van der Waals surface area contributed by atoms with Gasteiger partial charge in [-0.2, -0.15) is 0 Å². The van der Waals surface area contributed by atoms with Gasteiger partial charge in [0.2, 0.25) is 0 Å². The normalized spacial score (nSPS) is 11.2. The summed E-state index contributed by atoms with van der Waals surface area (Å²) in [6, 6.07) is 7.74. The van der Waals surface area contributed by atoms with Crippen LogP contribution in [0.2, 0.25) is 0 Å². The smallest absolute Gasteiger partial charge is 0.194 e. The quantitative estimate of drug-likeness (QED) is 0.254. The lowest BCUT2D eigenvalue weighted by Gasteiger charge is -2.21. The van der Waals surface area contributed by atoms with Crippen LogP contribution in [0.25, 0.3) is 0 Å². The molecule has 2 aromatic heterocycles. The third-order valence-electron chi connectivity index (χ3n) is 3.48. The molecule has 0 aliphatic carbocycles. The molecule has 2 rings (SSSR count). The molecule has 0 saturated heterocycles. The van der Waals surface area contributed by atoms with E-state index in [4.69, 9.17) is 13.6 Å². The van der Waals surface area contributed by atoms with Crippen molar-refractivity contribution in [3.8, 4) is 0 Å². The van der Waals surface area contributed by atoms with Crippen LogP contribution >= 0.6 is 24.0 Å². The Balaban J connectivity index is 0.00000312. The van der Waals surface area contributed by atoms with E-state index in [-0.39, 0.29) is 24.0 Å². The first-order chi connectivity index (χ1) is 11.8. The van der Waals surface area contributed by atoms with Gasteiger partial charge in [-0.15, -0.1) is 24.0 Å². The second-order valence-corrected chi connectivity index (χ2v) is 5.45. The summed E-state index contributed by atoms with van der Waals surface area (Å²) < 4.78 is 16.1. The molecule has 0 spiro atoms. The number of halogens is 1. The van der Waals surface area contributed by atoms with Crippen LogP contribution in [0.1, 0.15) is 24.9 Å². The molecule has 2 aromatic rings. The predicted octanol–water partition coefficient (Wildman–Crippen LogP) is 3.54. The number of rotatable bonds is 10. The molecule has 25 heavy (non-hydrogen) atoms. The Morgan fingerprint density at radius 3 is 2.56 bits per heavy atom. The average Bonchev–Trinajstić information content (AvgIpc) is 3.26. The molecule has 0 amide bonds. The minimum atomic E-state index is 0. The lowest BCUT2D eigenvalue weighted by Crippen LogP contribution is -2.39.